The Morgan fingerprint density at radius 2 is 1.88 bits per heavy atom. The number of piperidine rings is 1. The Labute approximate surface area is 200 Å². The third kappa shape index (κ3) is 5.30. The molecule has 1 saturated heterocycles. The van der Waals surface area contributed by atoms with Gasteiger partial charge in [-0.25, -0.2) is 0 Å². The van der Waals surface area contributed by atoms with Crippen molar-refractivity contribution in [3.8, 4) is 11.5 Å². The van der Waals surface area contributed by atoms with E-state index >= 15 is 0 Å². The van der Waals surface area contributed by atoms with Gasteiger partial charge >= 0.3 is 0 Å². The Morgan fingerprint density at radius 3 is 2.42 bits per heavy atom. The Kier molecular flexibility index (Phi) is 9.57. The van der Waals surface area contributed by atoms with Gasteiger partial charge in [0.1, 0.15) is 5.78 Å². The van der Waals surface area contributed by atoms with Crippen molar-refractivity contribution in [3.63, 3.8) is 0 Å². The molecule has 33 heavy (non-hydrogen) atoms. The lowest BCUT2D eigenvalue weighted by Crippen LogP contribution is -2.61. The van der Waals surface area contributed by atoms with Crippen molar-refractivity contribution >= 4 is 5.78 Å². The van der Waals surface area contributed by atoms with E-state index in [1.807, 2.05) is 26.8 Å². The van der Waals surface area contributed by atoms with Crippen LogP contribution in [0.25, 0.3) is 0 Å². The van der Waals surface area contributed by atoms with E-state index in [1.54, 1.807) is 20.1 Å². The van der Waals surface area contributed by atoms with Gasteiger partial charge in [-0.05, 0) is 82.9 Å². The SMILES string of the molecule is C=C.CC.COC1CC2(c3c(C)ccc(O)c3O)CCN(CC3CC3)C(C)C2C[C@@H]1C(C)=O. The zero-order valence-electron chi connectivity index (χ0n) is 21.6. The van der Waals surface area contributed by atoms with E-state index in [2.05, 4.69) is 25.0 Å². The Balaban J connectivity index is 0.000000914. The molecule has 4 unspecified atom stereocenters. The lowest BCUT2D eigenvalue weighted by molar-refractivity contribution is -0.135. The minimum atomic E-state index is -0.293. The smallest absolute Gasteiger partial charge is 0.161 e. The number of ketones is 1. The molecule has 5 nitrogen and oxygen atoms in total. The summed E-state index contributed by atoms with van der Waals surface area (Å²) in [6.45, 7) is 18.1. The maximum absolute atomic E-state index is 12.5. The van der Waals surface area contributed by atoms with Gasteiger partial charge in [0.05, 0.1) is 6.10 Å². The zero-order chi connectivity index (χ0) is 24.9. The molecule has 3 fully saturated rings. The number of aromatic hydroxyl groups is 2. The van der Waals surface area contributed by atoms with Crippen LogP contribution in [-0.2, 0) is 14.9 Å². The number of methoxy groups -OCH3 is 1. The van der Waals surface area contributed by atoms with E-state index in [0.717, 1.165) is 43.0 Å². The zero-order valence-corrected chi connectivity index (χ0v) is 21.6. The average Bonchev–Trinajstić information content (AvgIpc) is 3.64. The summed E-state index contributed by atoms with van der Waals surface area (Å²) in [5.74, 6) is 1.08. The molecule has 186 valence electrons. The summed E-state index contributed by atoms with van der Waals surface area (Å²) in [5.41, 5.74) is 1.58. The highest BCUT2D eigenvalue weighted by Gasteiger charge is 2.56. The van der Waals surface area contributed by atoms with Crippen molar-refractivity contribution < 1.29 is 19.7 Å². The highest BCUT2D eigenvalue weighted by atomic mass is 16.5. The van der Waals surface area contributed by atoms with Gasteiger partial charge in [-0.1, -0.05) is 19.9 Å². The van der Waals surface area contributed by atoms with E-state index < -0.39 is 0 Å². The number of nitrogens with zero attached hydrogens (tertiary/aromatic N) is 1. The maximum atomic E-state index is 12.5. The third-order valence-corrected chi connectivity index (χ3v) is 8.11. The molecular weight excluding hydrogens is 414 g/mol. The van der Waals surface area contributed by atoms with E-state index in [-0.39, 0.29) is 40.6 Å². The van der Waals surface area contributed by atoms with Crippen LogP contribution in [-0.4, -0.2) is 53.2 Å². The molecular formula is C28H45NO4. The van der Waals surface area contributed by atoms with Crippen molar-refractivity contribution in [1.29, 1.82) is 0 Å². The van der Waals surface area contributed by atoms with Crippen LogP contribution in [0.1, 0.15) is 70.9 Å². The first-order chi connectivity index (χ1) is 15.8. The molecule has 3 aliphatic rings. The Hall–Kier alpha value is -1.85. The van der Waals surface area contributed by atoms with E-state index in [9.17, 15) is 15.0 Å². The number of carbonyl (C=O) groups excluding carboxylic acids is 1. The number of benzene rings is 1. The summed E-state index contributed by atoms with van der Waals surface area (Å²) in [6, 6.07) is 3.79. The van der Waals surface area contributed by atoms with Crippen LogP contribution in [0.3, 0.4) is 0 Å². The van der Waals surface area contributed by atoms with Crippen molar-refractivity contribution in [2.24, 2.45) is 17.8 Å². The molecule has 5 atom stereocenters. The molecule has 2 N–H and O–H groups in total. The largest absolute Gasteiger partial charge is 0.504 e. The first-order valence-corrected chi connectivity index (χ1v) is 12.6. The minimum absolute atomic E-state index is 0.00831. The van der Waals surface area contributed by atoms with Crippen molar-refractivity contribution in [3.05, 3.63) is 36.4 Å². The molecule has 0 amide bonds. The fourth-order valence-corrected chi connectivity index (χ4v) is 6.34. The van der Waals surface area contributed by atoms with Gasteiger partial charge in [0.2, 0.25) is 0 Å². The number of likely N-dealkylation sites (tertiary alicyclic amines) is 1. The number of aryl methyl sites for hydroxylation is 1. The maximum Gasteiger partial charge on any atom is 0.161 e. The monoisotopic (exact) mass is 459 g/mol. The number of phenols is 2. The summed E-state index contributed by atoms with van der Waals surface area (Å²) in [5, 5.41) is 21.2. The standard InChI is InChI=1S/C24H35NO4.C2H6.C2H4/c1-14-5-8-20(27)23(28)22(14)24-9-10-25(13-17-6-7-17)15(2)19(24)11-18(16(3)26)21(12-24)29-4;2*1-2/h5,8,15,17-19,21,27-28H,6-7,9-13H2,1-4H3;1-2H3;1-2H2/t15?,18-,19?,21?,24?;;/m1../s1. The summed E-state index contributed by atoms with van der Waals surface area (Å²) < 4.78 is 5.83. The number of rotatable bonds is 5. The molecule has 1 aliphatic heterocycles. The van der Waals surface area contributed by atoms with Crippen LogP contribution in [0.4, 0.5) is 0 Å². The molecule has 0 spiro atoms. The predicted octanol–water partition coefficient (Wildman–Crippen LogP) is 5.61. The number of carbonyl (C=O) groups is 1. The number of phenolic OH excluding ortho intramolecular Hbond substituents is 2. The van der Waals surface area contributed by atoms with Gasteiger partial charge in [0.15, 0.2) is 11.5 Å². The van der Waals surface area contributed by atoms with Crippen LogP contribution >= 0.6 is 0 Å². The summed E-state index contributed by atoms with van der Waals surface area (Å²) in [4.78, 5) is 15.1. The quantitative estimate of drug-likeness (QED) is 0.443. The topological polar surface area (TPSA) is 70.0 Å². The van der Waals surface area contributed by atoms with Gasteiger partial charge in [-0.2, -0.15) is 0 Å². The van der Waals surface area contributed by atoms with Crippen LogP contribution in [0.2, 0.25) is 0 Å². The average molecular weight is 460 g/mol. The molecule has 0 radical (unpaired) electrons. The fraction of sp³-hybridized carbons (Fsp3) is 0.679. The third-order valence-electron chi connectivity index (χ3n) is 8.11. The Bertz CT molecular complexity index is 805. The van der Waals surface area contributed by atoms with Gasteiger partial charge in [-0.3, -0.25) is 4.79 Å². The molecule has 1 heterocycles. The second kappa shape index (κ2) is 11.5. The summed E-state index contributed by atoms with van der Waals surface area (Å²) in [7, 11) is 1.69. The molecule has 4 rings (SSSR count). The van der Waals surface area contributed by atoms with Gasteiger partial charge in [0, 0.05) is 36.6 Å². The number of hydrogen-bond acceptors (Lipinski definition) is 5. The second-order valence-electron chi connectivity index (χ2n) is 9.75. The van der Waals surface area contributed by atoms with Gasteiger partial charge in [-0.15, -0.1) is 13.2 Å². The molecule has 5 heteroatoms. The van der Waals surface area contributed by atoms with Crippen LogP contribution in [0.5, 0.6) is 11.5 Å². The highest BCUT2D eigenvalue weighted by molar-refractivity contribution is 5.79. The first kappa shape index (κ1) is 27.4. The van der Waals surface area contributed by atoms with Crippen LogP contribution in [0.15, 0.2) is 25.3 Å². The molecule has 0 aromatic heterocycles. The van der Waals surface area contributed by atoms with Crippen molar-refractivity contribution in [1.82, 2.24) is 4.90 Å². The van der Waals surface area contributed by atoms with E-state index in [1.165, 1.54) is 12.8 Å². The lowest BCUT2D eigenvalue weighted by atomic mass is 9.53. The second-order valence-corrected chi connectivity index (χ2v) is 9.75. The lowest BCUT2D eigenvalue weighted by Gasteiger charge is -2.58. The highest BCUT2D eigenvalue weighted by Crippen LogP contribution is 2.57. The normalized spacial score (nSPS) is 31.3. The van der Waals surface area contributed by atoms with Crippen molar-refractivity contribution in [2.45, 2.75) is 84.3 Å². The number of ether oxygens (including phenoxy) is 1. The number of fused-ring (bicyclic) bond motifs is 1. The van der Waals surface area contributed by atoms with Gasteiger partial charge in [0.25, 0.3) is 0 Å². The van der Waals surface area contributed by atoms with Crippen LogP contribution in [0, 0.1) is 24.7 Å². The van der Waals surface area contributed by atoms with E-state index in [0.29, 0.717) is 12.5 Å². The molecule has 2 aliphatic carbocycles. The number of Topliss-reactive ketones (excluding diaryl/α,β-unsaturated/α-hetero) is 1. The molecule has 1 aromatic rings. The minimum Gasteiger partial charge on any atom is -0.504 e. The van der Waals surface area contributed by atoms with Crippen LogP contribution < -0.4 is 0 Å². The molecule has 0 bridgehead atoms. The molecule has 2 saturated carbocycles. The summed E-state index contributed by atoms with van der Waals surface area (Å²) >= 11 is 0. The fourth-order valence-electron chi connectivity index (χ4n) is 6.34. The predicted molar refractivity (Wildman–Crippen MR) is 135 cm³/mol. The van der Waals surface area contributed by atoms with Gasteiger partial charge < -0.3 is 19.8 Å². The molecule has 1 aromatic carbocycles. The van der Waals surface area contributed by atoms with Crippen molar-refractivity contribution in [2.75, 3.05) is 20.2 Å². The van der Waals surface area contributed by atoms with E-state index in [4.69, 9.17) is 4.74 Å². The Morgan fingerprint density at radius 1 is 1.24 bits per heavy atom. The summed E-state index contributed by atoms with van der Waals surface area (Å²) in [6.07, 6.45) is 4.88. The number of hydrogen-bond donors (Lipinski definition) is 2. The first-order valence-electron chi connectivity index (χ1n) is 12.6.